The molecule has 1 aliphatic heterocycles. The first-order valence-electron chi connectivity index (χ1n) is 10.4. The molecule has 4 rings (SSSR count). The van der Waals surface area contributed by atoms with Crippen molar-refractivity contribution in [1.82, 2.24) is 19.5 Å². The van der Waals surface area contributed by atoms with Crippen molar-refractivity contribution in [3.05, 3.63) is 48.0 Å². The van der Waals surface area contributed by atoms with E-state index in [1.54, 1.807) is 0 Å². The molecular weight excluding hydrogens is 591 g/mol. The predicted octanol–water partition coefficient (Wildman–Crippen LogP) is -1.82. The molecule has 0 radical (unpaired) electrons. The first-order valence-corrected chi connectivity index (χ1v) is 15.9. The highest BCUT2D eigenvalue weighted by molar-refractivity contribution is 8.07. The van der Waals surface area contributed by atoms with Gasteiger partial charge in [-0.1, -0.05) is 42.1 Å². The fourth-order valence-corrected chi connectivity index (χ4v) is 7.39. The van der Waals surface area contributed by atoms with E-state index in [-0.39, 0.29) is 17.0 Å². The third-order valence-electron chi connectivity index (χ3n) is 5.11. The normalized spacial score (nSPS) is 26.6. The minimum Gasteiger partial charge on any atom is -0.779 e. The summed E-state index contributed by atoms with van der Waals surface area (Å²) in [6.07, 6.45) is -4.42. The minimum atomic E-state index is -5.90. The van der Waals surface area contributed by atoms with Gasteiger partial charge in [0, 0.05) is 6.42 Å². The van der Waals surface area contributed by atoms with E-state index < -0.39 is 53.5 Å². The molecule has 38 heavy (non-hydrogen) atoms. The Morgan fingerprint density at radius 3 is 2.45 bits per heavy atom. The monoisotopic (exact) mass is 610 g/mol. The van der Waals surface area contributed by atoms with E-state index in [2.05, 4.69) is 35.4 Å². The number of aliphatic hydroxyl groups excluding tert-OH is 2. The minimum absolute atomic E-state index is 0.0616. The van der Waals surface area contributed by atoms with E-state index in [1.165, 1.54) is 10.9 Å². The second-order valence-corrected chi connectivity index (χ2v) is 13.5. The number of nitrogen functional groups attached to an aromatic ring is 1. The molecule has 0 amide bonds. The van der Waals surface area contributed by atoms with Crippen LogP contribution < -0.4 is 20.4 Å². The van der Waals surface area contributed by atoms with Crippen LogP contribution in [0.3, 0.4) is 0 Å². The molecule has 0 saturated carbocycles. The number of anilines is 1. The van der Waals surface area contributed by atoms with Gasteiger partial charge in [-0.15, -0.1) is 0 Å². The lowest BCUT2D eigenvalue weighted by Gasteiger charge is -2.35. The van der Waals surface area contributed by atoms with Crippen LogP contribution in [0.2, 0.25) is 0 Å². The number of phosphoric acid groups is 2. The number of hydrogen-bond acceptors (Lipinski definition) is 16. The van der Waals surface area contributed by atoms with Gasteiger partial charge in [-0.3, -0.25) is 18.0 Å². The van der Waals surface area contributed by atoms with Crippen molar-refractivity contribution in [1.29, 1.82) is 0 Å². The van der Waals surface area contributed by atoms with Gasteiger partial charge in [-0.25, -0.2) is 19.3 Å². The summed E-state index contributed by atoms with van der Waals surface area (Å²) in [4.78, 5) is 55.5. The maximum atomic E-state index is 12.2. The highest BCUT2D eigenvalue weighted by atomic mass is 32.5. The SMILES string of the molecule is Nc1nc(Cc2ccccc2)nc2c1ncn2[C@@H]1O[C@H](COP([O-])(=S)OP(=O)([O-])OP(=O)([O-])O)[C@@H](O)[C@H]1O. The number of aromatic nitrogens is 4. The number of nitrogens with zero attached hydrogens (tertiary/aromatic N) is 4. The molecule has 1 aliphatic rings. The summed E-state index contributed by atoms with van der Waals surface area (Å²) in [5.41, 5.74) is 7.30. The fraction of sp³-hybridized carbons (Fsp3) is 0.353. The van der Waals surface area contributed by atoms with E-state index in [1.807, 2.05) is 30.3 Å². The van der Waals surface area contributed by atoms with Crippen LogP contribution in [0.15, 0.2) is 36.7 Å². The molecule has 1 saturated heterocycles. The Labute approximate surface area is 218 Å². The summed E-state index contributed by atoms with van der Waals surface area (Å²) in [7, 11) is -11.7. The number of fused-ring (bicyclic) bond motifs is 1. The lowest BCUT2D eigenvalue weighted by Crippen LogP contribution is -2.34. The van der Waals surface area contributed by atoms with E-state index in [9.17, 15) is 34.0 Å². The van der Waals surface area contributed by atoms with Gasteiger partial charge >= 0.3 is 0 Å². The molecule has 17 nitrogen and oxygen atoms in total. The molecule has 3 heterocycles. The van der Waals surface area contributed by atoms with Crippen LogP contribution >= 0.6 is 22.4 Å². The molecular formula is C17H19N5O12P3S-3. The van der Waals surface area contributed by atoms with Crippen molar-refractivity contribution in [3.63, 3.8) is 0 Å². The molecule has 5 N–H and O–H groups in total. The summed E-state index contributed by atoms with van der Waals surface area (Å²) in [6.45, 7) is -5.85. The van der Waals surface area contributed by atoms with Crippen LogP contribution in [-0.4, -0.2) is 59.5 Å². The third kappa shape index (κ3) is 7.07. The second-order valence-electron chi connectivity index (χ2n) is 7.88. The zero-order valence-corrected chi connectivity index (χ0v) is 22.3. The van der Waals surface area contributed by atoms with Crippen LogP contribution in [0.1, 0.15) is 17.6 Å². The van der Waals surface area contributed by atoms with Crippen molar-refractivity contribution in [3.8, 4) is 0 Å². The Balaban J connectivity index is 1.49. The van der Waals surface area contributed by atoms with Crippen LogP contribution in [0.25, 0.3) is 11.2 Å². The first-order chi connectivity index (χ1) is 17.6. The quantitative estimate of drug-likeness (QED) is 0.184. The average molecular weight is 610 g/mol. The fourth-order valence-electron chi connectivity index (χ4n) is 3.58. The number of imidazole rings is 1. The summed E-state index contributed by atoms with van der Waals surface area (Å²) in [5, 5.41) is 21.0. The number of rotatable bonds is 10. The van der Waals surface area contributed by atoms with Crippen molar-refractivity contribution in [2.75, 3.05) is 12.3 Å². The molecule has 21 heteroatoms. The van der Waals surface area contributed by atoms with Crippen LogP contribution in [0, 0.1) is 0 Å². The molecule has 208 valence electrons. The molecule has 0 aliphatic carbocycles. The Kier molecular flexibility index (Phi) is 8.50. The van der Waals surface area contributed by atoms with Gasteiger partial charge in [0.1, 0.15) is 36.4 Å². The van der Waals surface area contributed by atoms with Crippen molar-refractivity contribution >= 4 is 51.2 Å². The maximum absolute atomic E-state index is 12.2. The third-order valence-corrected chi connectivity index (χ3v) is 9.72. The number of benzene rings is 1. The zero-order chi connectivity index (χ0) is 27.9. The van der Waals surface area contributed by atoms with Crippen molar-refractivity contribution in [2.45, 2.75) is 31.0 Å². The summed E-state index contributed by atoms with van der Waals surface area (Å²) in [6, 6.07) is 9.28. The number of ether oxygens (including phenoxy) is 1. The van der Waals surface area contributed by atoms with Gasteiger partial charge in [0.05, 0.1) is 12.9 Å². The molecule has 0 spiro atoms. The number of nitrogens with two attached hydrogens (primary N) is 1. The largest absolute Gasteiger partial charge is 0.779 e. The molecule has 7 atom stereocenters. The summed E-state index contributed by atoms with van der Waals surface area (Å²) >= 11 is 4.38. The van der Waals surface area contributed by atoms with Gasteiger partial charge in [-0.2, -0.15) is 0 Å². The van der Waals surface area contributed by atoms with Crippen LogP contribution in [0.4, 0.5) is 5.82 Å². The molecule has 0 bridgehead atoms. The van der Waals surface area contributed by atoms with Gasteiger partial charge < -0.3 is 44.8 Å². The van der Waals surface area contributed by atoms with Gasteiger partial charge in [0.25, 0.3) is 15.6 Å². The zero-order valence-electron chi connectivity index (χ0n) is 18.8. The van der Waals surface area contributed by atoms with Crippen molar-refractivity contribution in [2.24, 2.45) is 0 Å². The Hall–Kier alpha value is -1.72. The summed E-state index contributed by atoms with van der Waals surface area (Å²) in [5.74, 6) is 0.404. The van der Waals surface area contributed by atoms with E-state index in [0.29, 0.717) is 12.2 Å². The van der Waals surface area contributed by atoms with E-state index in [0.717, 1.165) is 5.56 Å². The lowest BCUT2D eigenvalue weighted by molar-refractivity contribution is -0.244. The Morgan fingerprint density at radius 2 is 1.79 bits per heavy atom. The maximum Gasteiger partial charge on any atom is 0.279 e. The topological polar surface area (TPSA) is 271 Å². The first kappa shape index (κ1) is 29.3. The number of hydrogen-bond donors (Lipinski definition) is 4. The summed E-state index contributed by atoms with van der Waals surface area (Å²) < 4.78 is 40.8. The van der Waals surface area contributed by atoms with Gasteiger partial charge in [-0.05, 0) is 5.56 Å². The van der Waals surface area contributed by atoms with Gasteiger partial charge in [0.2, 0.25) is 0 Å². The van der Waals surface area contributed by atoms with Crippen molar-refractivity contribution < 1.29 is 56.8 Å². The molecule has 2 aromatic heterocycles. The van der Waals surface area contributed by atoms with E-state index in [4.69, 9.17) is 19.9 Å². The molecule has 3 unspecified atom stereocenters. The van der Waals surface area contributed by atoms with Crippen LogP contribution in [-0.2, 0) is 45.2 Å². The lowest BCUT2D eigenvalue weighted by atomic mass is 10.1. The number of aliphatic hydroxyl groups is 2. The molecule has 1 aromatic carbocycles. The van der Waals surface area contributed by atoms with Gasteiger partial charge in [0.15, 0.2) is 17.7 Å². The Bertz CT molecular complexity index is 1460. The smallest absolute Gasteiger partial charge is 0.279 e. The van der Waals surface area contributed by atoms with Crippen LogP contribution in [0.5, 0.6) is 0 Å². The highest BCUT2D eigenvalue weighted by Gasteiger charge is 2.45. The predicted molar refractivity (Wildman–Crippen MR) is 125 cm³/mol. The highest BCUT2D eigenvalue weighted by Crippen LogP contribution is 2.61. The molecule has 1 fully saturated rings. The van der Waals surface area contributed by atoms with E-state index >= 15 is 0 Å². The average Bonchev–Trinajstić information content (AvgIpc) is 3.32. The second kappa shape index (κ2) is 11.0. The Morgan fingerprint density at radius 1 is 1.11 bits per heavy atom. The molecule has 3 aromatic rings. The standard InChI is InChI=1S/C17H22N5O12P3S/c18-15-12-16(21-11(20-15)6-9-4-2-1-3-5-9)22(8-19-12)17-14(24)13(23)10(32-17)7-31-37(30,38)34-36(28,29)33-35(25,26)27/h1-5,8,10,13-14,17,23-24H,6-7H2,(H,28,29)(H,30,38)(H2,18,20,21)(H2,25,26,27)/p-3/t10-,13-,14-,17-,37?/m1/s1.